The van der Waals surface area contributed by atoms with Crippen molar-refractivity contribution in [1.29, 1.82) is 0 Å². The van der Waals surface area contributed by atoms with E-state index in [1.54, 1.807) is 0 Å². The van der Waals surface area contributed by atoms with E-state index in [0.717, 1.165) is 18.4 Å². The summed E-state index contributed by atoms with van der Waals surface area (Å²) in [5, 5.41) is 0. The Hall–Kier alpha value is -2.51. The van der Waals surface area contributed by atoms with E-state index >= 15 is 0 Å². The van der Waals surface area contributed by atoms with Crippen LogP contribution in [0.3, 0.4) is 0 Å². The molecule has 0 radical (unpaired) electrons. The molecule has 4 rings (SSSR count). The Morgan fingerprint density at radius 3 is 2.57 bits per heavy atom. The highest BCUT2D eigenvalue weighted by Crippen LogP contribution is 2.53. The van der Waals surface area contributed by atoms with Crippen LogP contribution in [0.25, 0.3) is 0 Å². The second-order valence-electron chi connectivity index (χ2n) is 7.38. The zero-order chi connectivity index (χ0) is 19.9. The molecule has 2 saturated heterocycles. The van der Waals surface area contributed by atoms with Gasteiger partial charge in [-0.2, -0.15) is 0 Å². The fraction of sp³-hybridized carbons (Fsp3) is 0.476. The van der Waals surface area contributed by atoms with Crippen LogP contribution in [0.2, 0.25) is 0 Å². The Balaban J connectivity index is 1.87. The van der Waals surface area contributed by atoms with Crippen LogP contribution in [-0.2, 0) is 35.1 Å². The van der Waals surface area contributed by atoms with E-state index in [2.05, 4.69) is 4.90 Å². The summed E-state index contributed by atoms with van der Waals surface area (Å²) in [6, 6.07) is 9.85. The number of fused-ring (bicyclic) bond motifs is 1. The lowest BCUT2D eigenvalue weighted by molar-refractivity contribution is -0.214. The maximum absolute atomic E-state index is 12.8. The van der Waals surface area contributed by atoms with Crippen molar-refractivity contribution in [1.82, 2.24) is 4.90 Å². The van der Waals surface area contributed by atoms with Gasteiger partial charge in [0.05, 0.1) is 25.4 Å². The van der Waals surface area contributed by atoms with E-state index in [0.29, 0.717) is 13.1 Å². The average molecular weight is 385 g/mol. The maximum atomic E-state index is 12.8. The zero-order valence-corrected chi connectivity index (χ0v) is 16.0. The van der Waals surface area contributed by atoms with Gasteiger partial charge in [0.15, 0.2) is 17.6 Å². The molecule has 3 aliphatic rings. The Labute approximate surface area is 163 Å². The number of piperidine rings is 1. The number of methoxy groups -OCH3 is 2. The highest BCUT2D eigenvalue weighted by Gasteiger charge is 2.65. The standard InChI is InChI=1S/C21H23NO6/c1-26-19(24)16-17(20(25)27-2)21-14(11-15(23)18(16)28-21)9-6-10-22(21)12-13-7-4-3-5-8-13/h3-5,7-8,14,18H,6,9-12H2,1-2H3/t14?,18-,21+/m0/s1. The molecule has 3 heterocycles. The van der Waals surface area contributed by atoms with Crippen LogP contribution in [0.1, 0.15) is 24.8 Å². The predicted molar refractivity (Wildman–Crippen MR) is 97.9 cm³/mol. The van der Waals surface area contributed by atoms with Crippen molar-refractivity contribution in [2.45, 2.75) is 37.6 Å². The van der Waals surface area contributed by atoms with Gasteiger partial charge in [-0.05, 0) is 18.4 Å². The summed E-state index contributed by atoms with van der Waals surface area (Å²) in [4.78, 5) is 40.2. The van der Waals surface area contributed by atoms with Crippen molar-refractivity contribution < 1.29 is 28.6 Å². The Morgan fingerprint density at radius 2 is 1.89 bits per heavy atom. The van der Waals surface area contributed by atoms with E-state index in [-0.39, 0.29) is 29.3 Å². The first-order valence-electron chi connectivity index (χ1n) is 9.43. The van der Waals surface area contributed by atoms with Gasteiger partial charge in [0, 0.05) is 25.4 Å². The average Bonchev–Trinajstić information content (AvgIpc) is 3.02. The third kappa shape index (κ3) is 2.69. The molecule has 1 unspecified atom stereocenters. The third-order valence-electron chi connectivity index (χ3n) is 5.94. The first-order valence-corrected chi connectivity index (χ1v) is 9.43. The second-order valence-corrected chi connectivity index (χ2v) is 7.38. The van der Waals surface area contributed by atoms with Crippen molar-refractivity contribution in [2.24, 2.45) is 5.92 Å². The number of hydrogen-bond acceptors (Lipinski definition) is 7. The summed E-state index contributed by atoms with van der Waals surface area (Å²) in [7, 11) is 2.50. The first kappa shape index (κ1) is 18.8. The summed E-state index contributed by atoms with van der Waals surface area (Å²) < 4.78 is 16.2. The lowest BCUT2D eigenvalue weighted by Gasteiger charge is -2.52. The van der Waals surface area contributed by atoms with Gasteiger partial charge in [0.2, 0.25) is 0 Å². The minimum Gasteiger partial charge on any atom is -0.466 e. The van der Waals surface area contributed by atoms with Crippen molar-refractivity contribution in [3.63, 3.8) is 0 Å². The smallest absolute Gasteiger partial charge is 0.338 e. The summed E-state index contributed by atoms with van der Waals surface area (Å²) in [6.07, 6.45) is 0.784. The van der Waals surface area contributed by atoms with E-state index < -0.39 is 23.8 Å². The molecule has 3 atom stereocenters. The summed E-state index contributed by atoms with van der Waals surface area (Å²) in [6.45, 7) is 1.22. The topological polar surface area (TPSA) is 82.1 Å². The highest BCUT2D eigenvalue weighted by molar-refractivity contribution is 6.09. The third-order valence-corrected chi connectivity index (χ3v) is 5.94. The predicted octanol–water partition coefficient (Wildman–Crippen LogP) is 1.61. The largest absolute Gasteiger partial charge is 0.466 e. The Morgan fingerprint density at radius 1 is 1.18 bits per heavy atom. The summed E-state index contributed by atoms with van der Waals surface area (Å²) in [5.41, 5.74) is 0.0222. The quantitative estimate of drug-likeness (QED) is 0.728. The fourth-order valence-corrected chi connectivity index (χ4v) is 4.80. The van der Waals surface area contributed by atoms with Crippen molar-refractivity contribution in [3.05, 3.63) is 47.0 Å². The van der Waals surface area contributed by atoms with Crippen LogP contribution < -0.4 is 0 Å². The van der Waals surface area contributed by atoms with Gasteiger partial charge < -0.3 is 14.2 Å². The van der Waals surface area contributed by atoms with Gasteiger partial charge in [-0.3, -0.25) is 9.69 Å². The Kier molecular flexibility index (Phi) is 4.81. The molecule has 0 amide bonds. The number of nitrogens with zero attached hydrogens (tertiary/aromatic N) is 1. The molecular weight excluding hydrogens is 362 g/mol. The van der Waals surface area contributed by atoms with Gasteiger partial charge in [0.25, 0.3) is 0 Å². The number of ether oxygens (including phenoxy) is 3. The SMILES string of the molecule is COC(=O)C1=C(C(=O)OC)[C@]23O[C@H]1C(=O)CC2CCCN3Cc1ccccc1. The molecule has 1 aromatic carbocycles. The zero-order valence-electron chi connectivity index (χ0n) is 16.0. The highest BCUT2D eigenvalue weighted by atomic mass is 16.6. The number of esters is 2. The van der Waals surface area contributed by atoms with Crippen LogP contribution in [0.5, 0.6) is 0 Å². The number of ketones is 1. The molecule has 0 aliphatic carbocycles. The number of rotatable bonds is 4. The number of benzene rings is 1. The molecule has 2 fully saturated rings. The van der Waals surface area contributed by atoms with Gasteiger partial charge in [-0.15, -0.1) is 0 Å². The molecule has 0 saturated carbocycles. The van der Waals surface area contributed by atoms with Crippen molar-refractivity contribution >= 4 is 17.7 Å². The lowest BCUT2D eigenvalue weighted by Crippen LogP contribution is -2.62. The molecule has 28 heavy (non-hydrogen) atoms. The van der Waals surface area contributed by atoms with Gasteiger partial charge in [-0.25, -0.2) is 9.59 Å². The molecular formula is C21H23NO6. The van der Waals surface area contributed by atoms with E-state index in [1.165, 1.54) is 14.2 Å². The molecule has 0 aromatic heterocycles. The molecule has 7 nitrogen and oxygen atoms in total. The molecule has 0 N–H and O–H groups in total. The van der Waals surface area contributed by atoms with Gasteiger partial charge >= 0.3 is 11.9 Å². The van der Waals surface area contributed by atoms with Crippen molar-refractivity contribution in [2.75, 3.05) is 20.8 Å². The monoisotopic (exact) mass is 385 g/mol. The fourth-order valence-electron chi connectivity index (χ4n) is 4.80. The molecule has 2 bridgehead atoms. The number of hydrogen-bond donors (Lipinski definition) is 0. The van der Waals surface area contributed by atoms with Crippen LogP contribution >= 0.6 is 0 Å². The lowest BCUT2D eigenvalue weighted by atomic mass is 9.77. The number of Topliss-reactive ketones (excluding diaryl/α,β-unsaturated/α-hetero) is 1. The molecule has 7 heteroatoms. The minimum atomic E-state index is -1.15. The molecule has 148 valence electrons. The van der Waals surface area contributed by atoms with E-state index in [4.69, 9.17) is 14.2 Å². The number of carbonyl (C=O) groups excluding carboxylic acids is 3. The summed E-state index contributed by atoms with van der Waals surface area (Å²) >= 11 is 0. The molecule has 3 aliphatic heterocycles. The molecule has 1 spiro atoms. The maximum Gasteiger partial charge on any atom is 0.338 e. The second kappa shape index (κ2) is 7.14. The van der Waals surface area contributed by atoms with E-state index in [9.17, 15) is 14.4 Å². The normalized spacial score (nSPS) is 29.4. The first-order chi connectivity index (χ1) is 13.5. The van der Waals surface area contributed by atoms with Crippen LogP contribution in [0.4, 0.5) is 0 Å². The van der Waals surface area contributed by atoms with Gasteiger partial charge in [-0.1, -0.05) is 30.3 Å². The van der Waals surface area contributed by atoms with E-state index in [1.807, 2.05) is 30.3 Å². The van der Waals surface area contributed by atoms with Gasteiger partial charge in [0.1, 0.15) is 0 Å². The Bertz CT molecular complexity index is 848. The van der Waals surface area contributed by atoms with Crippen LogP contribution in [0.15, 0.2) is 41.5 Å². The number of likely N-dealkylation sites (tertiary alicyclic amines) is 1. The molecule has 1 aromatic rings. The van der Waals surface area contributed by atoms with Crippen LogP contribution in [0, 0.1) is 5.92 Å². The number of carbonyl (C=O) groups is 3. The van der Waals surface area contributed by atoms with Crippen LogP contribution in [-0.4, -0.2) is 55.2 Å². The summed E-state index contributed by atoms with van der Waals surface area (Å²) in [5.74, 6) is -1.78. The minimum absolute atomic E-state index is 0.0122. The van der Waals surface area contributed by atoms with Crippen molar-refractivity contribution in [3.8, 4) is 0 Å².